The predicted molar refractivity (Wildman–Crippen MR) is 102 cm³/mol. The zero-order chi connectivity index (χ0) is 17.4. The second-order valence-corrected chi connectivity index (χ2v) is 7.16. The van der Waals surface area contributed by atoms with Crippen LogP contribution in [0.3, 0.4) is 0 Å². The summed E-state index contributed by atoms with van der Waals surface area (Å²) in [5, 5.41) is 4.67. The maximum atomic E-state index is 5.41. The maximum Gasteiger partial charge on any atom is 0.162 e. The molecule has 0 radical (unpaired) electrons. The van der Waals surface area contributed by atoms with Gasteiger partial charge in [0, 0.05) is 23.1 Å². The molecule has 0 bridgehead atoms. The van der Waals surface area contributed by atoms with E-state index in [0.717, 1.165) is 41.4 Å². The molecule has 1 N–H and O–H groups in total. The van der Waals surface area contributed by atoms with E-state index in [4.69, 9.17) is 19.4 Å². The molecule has 1 aliphatic rings. The number of anilines is 2. The second-order valence-electron chi connectivity index (χ2n) is 6.07. The van der Waals surface area contributed by atoms with E-state index in [1.807, 2.05) is 29.5 Å². The van der Waals surface area contributed by atoms with Gasteiger partial charge in [-0.15, -0.1) is 11.3 Å². The van der Waals surface area contributed by atoms with Crippen LogP contribution in [-0.2, 0) is 19.3 Å². The number of hydrogen-bond acceptors (Lipinski definition) is 6. The summed E-state index contributed by atoms with van der Waals surface area (Å²) in [6, 6.07) is 5.82. The third-order valence-electron chi connectivity index (χ3n) is 4.57. The lowest BCUT2D eigenvalue weighted by Gasteiger charge is -2.12. The van der Waals surface area contributed by atoms with Gasteiger partial charge in [0.2, 0.25) is 0 Å². The van der Waals surface area contributed by atoms with E-state index >= 15 is 0 Å². The lowest BCUT2D eigenvalue weighted by Crippen LogP contribution is -2.01. The maximum absolute atomic E-state index is 5.41. The normalized spacial score (nSPS) is 13.1. The van der Waals surface area contributed by atoms with Crippen LogP contribution in [-0.4, -0.2) is 24.2 Å². The van der Waals surface area contributed by atoms with Crippen molar-refractivity contribution in [3.8, 4) is 11.5 Å². The molecule has 130 valence electrons. The molecule has 4 rings (SSSR count). The Hall–Kier alpha value is -2.34. The molecule has 6 heteroatoms. The first-order valence-corrected chi connectivity index (χ1v) is 9.35. The van der Waals surface area contributed by atoms with Gasteiger partial charge in [-0.3, -0.25) is 0 Å². The number of hydrogen-bond donors (Lipinski definition) is 1. The van der Waals surface area contributed by atoms with E-state index in [-0.39, 0.29) is 0 Å². The van der Waals surface area contributed by atoms with Crippen molar-refractivity contribution in [2.75, 3.05) is 19.5 Å². The van der Waals surface area contributed by atoms with E-state index in [0.29, 0.717) is 11.5 Å². The molecule has 2 aromatic heterocycles. The molecule has 3 aromatic rings. The van der Waals surface area contributed by atoms with Crippen molar-refractivity contribution in [1.82, 2.24) is 9.97 Å². The highest BCUT2D eigenvalue weighted by atomic mass is 32.1. The van der Waals surface area contributed by atoms with Crippen LogP contribution < -0.4 is 14.8 Å². The first-order chi connectivity index (χ1) is 12.2. The van der Waals surface area contributed by atoms with Gasteiger partial charge in [0.25, 0.3) is 0 Å². The summed E-state index contributed by atoms with van der Waals surface area (Å²) in [5.41, 5.74) is 2.35. The summed E-state index contributed by atoms with van der Waals surface area (Å²) in [7, 11) is 3.28. The Morgan fingerprint density at radius 1 is 1.12 bits per heavy atom. The molecule has 0 saturated carbocycles. The minimum atomic E-state index is 0.698. The van der Waals surface area contributed by atoms with Crippen molar-refractivity contribution in [3.05, 3.63) is 34.5 Å². The highest BCUT2D eigenvalue weighted by Crippen LogP contribution is 2.40. The van der Waals surface area contributed by atoms with Crippen LogP contribution in [0.4, 0.5) is 11.5 Å². The first-order valence-electron chi connectivity index (χ1n) is 8.53. The summed E-state index contributed by atoms with van der Waals surface area (Å²) in [5.74, 6) is 3.18. The quantitative estimate of drug-likeness (QED) is 0.730. The Labute approximate surface area is 151 Å². The molecule has 25 heavy (non-hydrogen) atoms. The third-order valence-corrected chi connectivity index (χ3v) is 5.76. The molecule has 0 saturated heterocycles. The summed E-state index contributed by atoms with van der Waals surface area (Å²) in [6.07, 6.45) is 4.32. The number of aromatic nitrogens is 2. The number of nitrogens with one attached hydrogen (secondary N) is 1. The van der Waals surface area contributed by atoms with Crippen LogP contribution in [0.5, 0.6) is 11.5 Å². The van der Waals surface area contributed by atoms with Crippen molar-refractivity contribution in [2.24, 2.45) is 0 Å². The Bertz CT molecular complexity index is 936. The number of thiophene rings is 1. The van der Waals surface area contributed by atoms with Crippen LogP contribution >= 0.6 is 11.3 Å². The smallest absolute Gasteiger partial charge is 0.162 e. The van der Waals surface area contributed by atoms with E-state index in [1.54, 1.807) is 14.2 Å². The van der Waals surface area contributed by atoms with Crippen molar-refractivity contribution in [1.29, 1.82) is 0 Å². The zero-order valence-corrected chi connectivity index (χ0v) is 15.5. The number of methoxy groups -OCH3 is 2. The third kappa shape index (κ3) is 2.80. The van der Waals surface area contributed by atoms with Gasteiger partial charge in [-0.2, -0.15) is 0 Å². The molecular formula is C19H21N3O2S. The monoisotopic (exact) mass is 355 g/mol. The topological polar surface area (TPSA) is 56.3 Å². The van der Waals surface area contributed by atoms with Gasteiger partial charge < -0.3 is 14.8 Å². The zero-order valence-electron chi connectivity index (χ0n) is 14.7. The van der Waals surface area contributed by atoms with E-state index < -0.39 is 0 Å². The van der Waals surface area contributed by atoms with Crippen molar-refractivity contribution < 1.29 is 9.47 Å². The van der Waals surface area contributed by atoms with Crippen LogP contribution in [0.25, 0.3) is 10.2 Å². The fourth-order valence-corrected chi connectivity index (χ4v) is 4.62. The number of nitrogens with zero attached hydrogens (tertiary/aromatic N) is 2. The largest absolute Gasteiger partial charge is 0.493 e. The molecular weight excluding hydrogens is 334 g/mol. The van der Waals surface area contributed by atoms with Gasteiger partial charge in [0.15, 0.2) is 11.5 Å². The number of ether oxygens (including phenoxy) is 2. The average molecular weight is 355 g/mol. The molecule has 1 aliphatic carbocycles. The fourth-order valence-electron chi connectivity index (χ4n) is 3.34. The number of benzene rings is 1. The van der Waals surface area contributed by atoms with Crippen LogP contribution in [0.15, 0.2) is 18.2 Å². The Kier molecular flexibility index (Phi) is 4.21. The SMILES string of the molecule is CCc1nc(Nc2ccc(OC)c(OC)c2)c2c3c(sc2n1)CCC3. The van der Waals surface area contributed by atoms with Gasteiger partial charge in [0.1, 0.15) is 16.5 Å². The van der Waals surface area contributed by atoms with Crippen LogP contribution in [0.1, 0.15) is 29.6 Å². The highest BCUT2D eigenvalue weighted by molar-refractivity contribution is 7.19. The van der Waals surface area contributed by atoms with Gasteiger partial charge in [-0.1, -0.05) is 6.92 Å². The molecule has 1 aromatic carbocycles. The van der Waals surface area contributed by atoms with Gasteiger partial charge in [0.05, 0.1) is 19.6 Å². The molecule has 5 nitrogen and oxygen atoms in total. The second kappa shape index (κ2) is 6.52. The predicted octanol–water partition coefficient (Wildman–Crippen LogP) is 4.50. The Morgan fingerprint density at radius 2 is 1.96 bits per heavy atom. The lowest BCUT2D eigenvalue weighted by molar-refractivity contribution is 0.355. The average Bonchev–Trinajstić information content (AvgIpc) is 3.21. The summed E-state index contributed by atoms with van der Waals surface area (Å²) in [6.45, 7) is 2.09. The minimum Gasteiger partial charge on any atom is -0.493 e. The van der Waals surface area contributed by atoms with E-state index in [2.05, 4.69) is 12.2 Å². The summed E-state index contributed by atoms with van der Waals surface area (Å²) >= 11 is 1.82. The van der Waals surface area contributed by atoms with E-state index in [9.17, 15) is 0 Å². The molecule has 0 amide bonds. The molecule has 0 unspecified atom stereocenters. The van der Waals surface area contributed by atoms with Crippen molar-refractivity contribution in [3.63, 3.8) is 0 Å². The molecule has 2 heterocycles. The first kappa shape index (κ1) is 16.1. The van der Waals surface area contributed by atoms with Crippen molar-refractivity contribution >= 4 is 33.1 Å². The van der Waals surface area contributed by atoms with Gasteiger partial charge >= 0.3 is 0 Å². The van der Waals surface area contributed by atoms with Gasteiger partial charge in [-0.25, -0.2) is 9.97 Å². The number of rotatable bonds is 5. The Balaban J connectivity index is 1.81. The number of aryl methyl sites for hydroxylation is 3. The molecule has 0 atom stereocenters. The summed E-state index contributed by atoms with van der Waals surface area (Å²) in [4.78, 5) is 12.1. The Morgan fingerprint density at radius 3 is 2.72 bits per heavy atom. The van der Waals surface area contributed by atoms with Gasteiger partial charge in [-0.05, 0) is 37.0 Å². The fraction of sp³-hybridized carbons (Fsp3) is 0.368. The number of fused-ring (bicyclic) bond motifs is 3. The van der Waals surface area contributed by atoms with Crippen LogP contribution in [0, 0.1) is 0 Å². The van der Waals surface area contributed by atoms with Crippen LogP contribution in [0.2, 0.25) is 0 Å². The minimum absolute atomic E-state index is 0.698. The van der Waals surface area contributed by atoms with E-state index in [1.165, 1.54) is 22.2 Å². The lowest BCUT2D eigenvalue weighted by atomic mass is 10.2. The molecule has 0 aliphatic heterocycles. The highest BCUT2D eigenvalue weighted by Gasteiger charge is 2.22. The summed E-state index contributed by atoms with van der Waals surface area (Å²) < 4.78 is 10.7. The van der Waals surface area contributed by atoms with Crippen molar-refractivity contribution in [2.45, 2.75) is 32.6 Å². The standard InChI is InChI=1S/C19H21N3O2S/c1-4-16-21-18(17-12-6-5-7-15(12)25-19(17)22-16)20-11-8-9-13(23-2)14(10-11)24-3/h8-10H,4-7H2,1-3H3,(H,20,21,22). The molecule has 0 fully saturated rings. The molecule has 0 spiro atoms.